The van der Waals surface area contributed by atoms with Crippen LogP contribution in [0.3, 0.4) is 0 Å². The third-order valence-corrected chi connectivity index (χ3v) is 3.24. The molecule has 0 fully saturated rings. The predicted octanol–water partition coefficient (Wildman–Crippen LogP) is 2.58. The molecule has 3 aromatic rings. The number of hydrogen-bond acceptors (Lipinski definition) is 5. The Morgan fingerprint density at radius 1 is 1.17 bits per heavy atom. The summed E-state index contributed by atoms with van der Waals surface area (Å²) in [6, 6.07) is 5.69. The first-order valence-electron chi connectivity index (χ1n) is 7.23. The minimum Gasteiger partial charge on any atom is -0.382 e. The first-order valence-corrected chi connectivity index (χ1v) is 7.23. The number of nitrogens with one attached hydrogen (secondary N) is 1. The van der Waals surface area contributed by atoms with Crippen LogP contribution >= 0.6 is 0 Å². The Labute approximate surface area is 134 Å². The van der Waals surface area contributed by atoms with E-state index in [1.54, 1.807) is 12.3 Å². The van der Waals surface area contributed by atoms with Crippen LogP contribution in [-0.4, -0.2) is 20.2 Å². The molecule has 0 saturated heterocycles. The second kappa shape index (κ2) is 5.29. The number of fused-ring (bicyclic) bond motifs is 1. The van der Waals surface area contributed by atoms with Gasteiger partial charge >= 0.3 is 0 Å². The van der Waals surface area contributed by atoms with E-state index in [4.69, 9.17) is 11.5 Å². The Morgan fingerprint density at radius 2 is 1.96 bits per heavy atom. The molecule has 116 valence electrons. The fourth-order valence-electron chi connectivity index (χ4n) is 2.18. The molecule has 0 atom stereocenters. The third-order valence-electron chi connectivity index (χ3n) is 3.24. The highest BCUT2D eigenvalue weighted by Gasteiger charge is 2.12. The lowest BCUT2D eigenvalue weighted by atomic mass is 9.96. The summed E-state index contributed by atoms with van der Waals surface area (Å²) in [7, 11) is 0. The summed E-state index contributed by atoms with van der Waals surface area (Å²) in [5.41, 5.74) is 14.8. The molecule has 0 amide bonds. The topological polar surface area (TPSA) is 106 Å². The summed E-state index contributed by atoms with van der Waals surface area (Å²) in [4.78, 5) is 8.18. The van der Waals surface area contributed by atoms with Crippen LogP contribution in [0.2, 0.25) is 0 Å². The second-order valence-electron chi connectivity index (χ2n) is 6.36. The van der Waals surface area contributed by atoms with Gasteiger partial charge in [-0.25, -0.2) is 9.97 Å². The molecule has 0 spiro atoms. The van der Waals surface area contributed by atoms with E-state index in [-0.39, 0.29) is 11.4 Å². The number of H-pyrrole nitrogens is 1. The van der Waals surface area contributed by atoms with Crippen LogP contribution in [0, 0.1) is 17.3 Å². The zero-order valence-electron chi connectivity index (χ0n) is 13.3. The molecule has 3 rings (SSSR count). The lowest BCUT2D eigenvalue weighted by molar-refractivity contribution is 0.571. The number of nitrogens with zero attached hydrogens (tertiary/aromatic N) is 3. The van der Waals surface area contributed by atoms with E-state index in [2.05, 4.69) is 52.8 Å². The van der Waals surface area contributed by atoms with E-state index in [0.717, 1.165) is 27.7 Å². The van der Waals surface area contributed by atoms with Gasteiger partial charge in [0.2, 0.25) is 5.95 Å². The summed E-state index contributed by atoms with van der Waals surface area (Å²) >= 11 is 0. The zero-order valence-corrected chi connectivity index (χ0v) is 13.3. The van der Waals surface area contributed by atoms with Crippen molar-refractivity contribution in [2.75, 3.05) is 11.5 Å². The molecule has 0 bridgehead atoms. The average Bonchev–Trinajstić information content (AvgIpc) is 2.86. The van der Waals surface area contributed by atoms with Gasteiger partial charge in [0.15, 0.2) is 5.82 Å². The van der Waals surface area contributed by atoms with Gasteiger partial charge < -0.3 is 11.5 Å². The van der Waals surface area contributed by atoms with Crippen LogP contribution < -0.4 is 11.5 Å². The van der Waals surface area contributed by atoms with Gasteiger partial charge in [-0.1, -0.05) is 11.8 Å². The van der Waals surface area contributed by atoms with E-state index in [1.807, 2.05) is 12.1 Å². The predicted molar refractivity (Wildman–Crippen MR) is 92.3 cm³/mol. The first kappa shape index (κ1) is 14.9. The largest absolute Gasteiger partial charge is 0.382 e. The molecule has 6 nitrogen and oxygen atoms in total. The average molecular weight is 306 g/mol. The van der Waals surface area contributed by atoms with Gasteiger partial charge in [0, 0.05) is 22.6 Å². The van der Waals surface area contributed by atoms with Crippen molar-refractivity contribution in [3.05, 3.63) is 30.0 Å². The summed E-state index contributed by atoms with van der Waals surface area (Å²) in [6.07, 6.45) is 1.63. The van der Waals surface area contributed by atoms with Crippen LogP contribution in [0.1, 0.15) is 26.3 Å². The van der Waals surface area contributed by atoms with E-state index < -0.39 is 0 Å². The van der Waals surface area contributed by atoms with Crippen LogP contribution in [-0.2, 0) is 0 Å². The molecule has 23 heavy (non-hydrogen) atoms. The van der Waals surface area contributed by atoms with Crippen LogP contribution in [0.25, 0.3) is 22.2 Å². The van der Waals surface area contributed by atoms with Gasteiger partial charge in [0.05, 0.1) is 16.8 Å². The molecule has 6 heteroatoms. The smallest absolute Gasteiger partial charge is 0.220 e. The Bertz CT molecular complexity index is 937. The van der Waals surface area contributed by atoms with Crippen LogP contribution in [0.5, 0.6) is 0 Å². The molecule has 0 saturated carbocycles. The number of hydrogen-bond donors (Lipinski definition) is 3. The summed E-state index contributed by atoms with van der Waals surface area (Å²) in [5.74, 6) is 7.11. The van der Waals surface area contributed by atoms with Gasteiger partial charge in [-0.05, 0) is 39.0 Å². The van der Waals surface area contributed by atoms with Crippen molar-refractivity contribution in [1.82, 2.24) is 20.2 Å². The SMILES string of the molecule is CC(C)(C)C#Cc1cc(-c2ccnc(N)n2)cc2c(N)n[nH]c12. The highest BCUT2D eigenvalue weighted by molar-refractivity contribution is 5.96. The molecule has 0 aliphatic rings. The van der Waals surface area contributed by atoms with Crippen LogP contribution in [0.4, 0.5) is 11.8 Å². The zero-order chi connectivity index (χ0) is 16.6. The van der Waals surface area contributed by atoms with Gasteiger partial charge in [-0.2, -0.15) is 5.10 Å². The highest BCUT2D eigenvalue weighted by atomic mass is 15.1. The van der Waals surface area contributed by atoms with E-state index in [9.17, 15) is 0 Å². The van der Waals surface area contributed by atoms with Crippen molar-refractivity contribution < 1.29 is 0 Å². The van der Waals surface area contributed by atoms with Gasteiger partial charge in [-0.15, -0.1) is 0 Å². The molecule has 5 N–H and O–H groups in total. The number of aromatic nitrogens is 4. The summed E-state index contributed by atoms with van der Waals surface area (Å²) in [5, 5.41) is 7.85. The van der Waals surface area contributed by atoms with Crippen molar-refractivity contribution in [2.24, 2.45) is 5.41 Å². The first-order chi connectivity index (χ1) is 10.8. The Hall–Kier alpha value is -3.07. The fraction of sp³-hybridized carbons (Fsp3) is 0.235. The van der Waals surface area contributed by atoms with Crippen molar-refractivity contribution >= 4 is 22.7 Å². The number of benzene rings is 1. The maximum atomic E-state index is 5.96. The number of anilines is 2. The second-order valence-corrected chi connectivity index (χ2v) is 6.36. The summed E-state index contributed by atoms with van der Waals surface area (Å²) in [6.45, 7) is 6.19. The molecule has 2 heterocycles. The molecule has 0 unspecified atom stereocenters. The molecule has 2 aromatic heterocycles. The van der Waals surface area contributed by atoms with Crippen molar-refractivity contribution in [3.8, 4) is 23.1 Å². The van der Waals surface area contributed by atoms with Crippen molar-refractivity contribution in [2.45, 2.75) is 20.8 Å². The maximum absolute atomic E-state index is 5.96. The normalized spacial score (nSPS) is 11.3. The highest BCUT2D eigenvalue weighted by Crippen LogP contribution is 2.28. The maximum Gasteiger partial charge on any atom is 0.220 e. The van der Waals surface area contributed by atoms with E-state index in [1.165, 1.54) is 0 Å². The lowest BCUT2D eigenvalue weighted by Gasteiger charge is -2.08. The third kappa shape index (κ3) is 3.09. The molecule has 0 radical (unpaired) electrons. The fourth-order valence-corrected chi connectivity index (χ4v) is 2.18. The molecule has 1 aromatic carbocycles. The molecule has 0 aliphatic heterocycles. The van der Waals surface area contributed by atoms with Gasteiger partial charge in [0.1, 0.15) is 0 Å². The van der Waals surface area contributed by atoms with Crippen LogP contribution in [0.15, 0.2) is 24.4 Å². The van der Waals surface area contributed by atoms with Gasteiger partial charge in [-0.3, -0.25) is 5.10 Å². The minimum atomic E-state index is -0.104. The van der Waals surface area contributed by atoms with Crippen molar-refractivity contribution in [3.63, 3.8) is 0 Å². The molecular formula is C17H18N6. The minimum absolute atomic E-state index is 0.104. The van der Waals surface area contributed by atoms with E-state index in [0.29, 0.717) is 5.82 Å². The Morgan fingerprint density at radius 3 is 2.65 bits per heavy atom. The number of nitrogen functional groups attached to an aromatic ring is 2. The number of rotatable bonds is 1. The Kier molecular flexibility index (Phi) is 3.41. The van der Waals surface area contributed by atoms with Crippen molar-refractivity contribution in [1.29, 1.82) is 0 Å². The summed E-state index contributed by atoms with van der Waals surface area (Å²) < 4.78 is 0. The monoisotopic (exact) mass is 306 g/mol. The van der Waals surface area contributed by atoms with E-state index >= 15 is 0 Å². The number of aromatic amines is 1. The number of nitrogens with two attached hydrogens (primary N) is 2. The van der Waals surface area contributed by atoms with Gasteiger partial charge in [0.25, 0.3) is 0 Å². The lowest BCUT2D eigenvalue weighted by Crippen LogP contribution is -1.99. The quantitative estimate of drug-likeness (QED) is 0.599. The standard InChI is InChI=1S/C17H18N6/c1-17(2,3)6-4-10-8-11(13-5-7-20-16(19)21-13)9-12-14(10)22-23-15(12)18/h5,7-9H,1-3H3,(H3,18,22,23)(H2,19,20,21). The molecule has 0 aliphatic carbocycles. The Balaban J connectivity index is 2.24. The molecular weight excluding hydrogens is 288 g/mol.